The molecule has 0 spiro atoms. The van der Waals surface area contributed by atoms with Crippen molar-refractivity contribution in [3.63, 3.8) is 0 Å². The number of carbonyl (C=O) groups excluding carboxylic acids is 1. The molecule has 5 nitrogen and oxygen atoms in total. The van der Waals surface area contributed by atoms with Gasteiger partial charge in [0.1, 0.15) is 0 Å². The number of nitrogens with two attached hydrogens (primary N) is 1. The van der Waals surface area contributed by atoms with E-state index < -0.39 is 5.97 Å². The van der Waals surface area contributed by atoms with E-state index in [9.17, 15) is 4.79 Å². The van der Waals surface area contributed by atoms with Gasteiger partial charge in [0.15, 0.2) is 5.82 Å². The molecule has 0 amide bonds. The van der Waals surface area contributed by atoms with E-state index in [1.807, 2.05) is 32.0 Å². The minimum Gasteiger partial charge on any atom is -0.465 e. The molecule has 5 heteroatoms. The maximum Gasteiger partial charge on any atom is 0.340 e. The first-order valence-electron chi connectivity index (χ1n) is 6.20. The third-order valence-electron chi connectivity index (χ3n) is 3.12. The van der Waals surface area contributed by atoms with Crippen molar-refractivity contribution in [1.29, 1.82) is 0 Å². The van der Waals surface area contributed by atoms with Gasteiger partial charge in [0, 0.05) is 11.9 Å². The molecule has 3 N–H and O–H groups in total. The zero-order valence-corrected chi connectivity index (χ0v) is 11.7. The van der Waals surface area contributed by atoms with Gasteiger partial charge in [-0.25, -0.2) is 9.78 Å². The summed E-state index contributed by atoms with van der Waals surface area (Å²) < 4.78 is 4.70. The third kappa shape index (κ3) is 2.56. The van der Waals surface area contributed by atoms with E-state index >= 15 is 0 Å². The van der Waals surface area contributed by atoms with Gasteiger partial charge < -0.3 is 15.8 Å². The quantitative estimate of drug-likeness (QED) is 0.839. The summed E-state index contributed by atoms with van der Waals surface area (Å²) in [6, 6.07) is 7.51. The first-order valence-corrected chi connectivity index (χ1v) is 6.20. The minimum atomic E-state index is -0.477. The number of aromatic nitrogens is 1. The Morgan fingerprint density at radius 2 is 1.90 bits per heavy atom. The molecule has 0 aliphatic heterocycles. The van der Waals surface area contributed by atoms with Crippen molar-refractivity contribution in [1.82, 2.24) is 4.98 Å². The Morgan fingerprint density at radius 3 is 2.50 bits per heavy atom. The number of hydrogen-bond acceptors (Lipinski definition) is 5. The van der Waals surface area contributed by atoms with Crippen LogP contribution in [0, 0.1) is 13.8 Å². The lowest BCUT2D eigenvalue weighted by molar-refractivity contribution is 0.0602. The number of pyridine rings is 1. The van der Waals surface area contributed by atoms with E-state index in [4.69, 9.17) is 10.5 Å². The topological polar surface area (TPSA) is 77.2 Å². The highest BCUT2D eigenvalue weighted by Gasteiger charge is 2.14. The Bertz CT molecular complexity index is 633. The number of methoxy groups -OCH3 is 1. The molecule has 0 fully saturated rings. The van der Waals surface area contributed by atoms with Crippen molar-refractivity contribution in [2.24, 2.45) is 0 Å². The largest absolute Gasteiger partial charge is 0.465 e. The number of anilines is 3. The average molecular weight is 271 g/mol. The number of ether oxygens (including phenoxy) is 1. The van der Waals surface area contributed by atoms with E-state index in [0.29, 0.717) is 11.4 Å². The molecule has 0 bridgehead atoms. The number of esters is 1. The lowest BCUT2D eigenvalue weighted by Gasteiger charge is -2.14. The second-order valence-corrected chi connectivity index (χ2v) is 4.50. The lowest BCUT2D eigenvalue weighted by atomic mass is 10.1. The zero-order chi connectivity index (χ0) is 14.7. The number of nitrogens with one attached hydrogen (secondary N) is 1. The van der Waals surface area contributed by atoms with Crippen molar-refractivity contribution >= 4 is 23.2 Å². The van der Waals surface area contributed by atoms with Crippen molar-refractivity contribution in [3.8, 4) is 0 Å². The van der Waals surface area contributed by atoms with E-state index in [-0.39, 0.29) is 5.69 Å². The molecule has 1 aromatic carbocycles. The summed E-state index contributed by atoms with van der Waals surface area (Å²) in [4.78, 5) is 15.8. The van der Waals surface area contributed by atoms with Gasteiger partial charge in [0.25, 0.3) is 0 Å². The maximum absolute atomic E-state index is 11.6. The molecule has 0 aliphatic carbocycles. The Hall–Kier alpha value is -2.56. The van der Waals surface area contributed by atoms with E-state index in [2.05, 4.69) is 10.3 Å². The molecule has 0 saturated heterocycles. The van der Waals surface area contributed by atoms with Crippen molar-refractivity contribution in [2.75, 3.05) is 18.2 Å². The first kappa shape index (κ1) is 13.9. The van der Waals surface area contributed by atoms with Crippen molar-refractivity contribution in [2.45, 2.75) is 13.8 Å². The predicted octanol–water partition coefficient (Wildman–Crippen LogP) is 2.81. The molecule has 1 heterocycles. The number of nitrogens with zero attached hydrogens (tertiary/aromatic N) is 1. The molecule has 2 rings (SSSR count). The van der Waals surface area contributed by atoms with Crippen LogP contribution in [-0.2, 0) is 4.74 Å². The number of para-hydroxylation sites is 1. The van der Waals surface area contributed by atoms with Crippen LogP contribution in [0.3, 0.4) is 0 Å². The number of aryl methyl sites for hydroxylation is 2. The summed E-state index contributed by atoms with van der Waals surface area (Å²) in [5, 5.41) is 3.18. The number of hydrogen-bond donors (Lipinski definition) is 2. The second-order valence-electron chi connectivity index (χ2n) is 4.50. The SMILES string of the molecule is COC(=O)c1ccnc(Nc2c(C)cccc2C)c1N. The van der Waals surface area contributed by atoms with Crippen molar-refractivity contribution < 1.29 is 9.53 Å². The lowest BCUT2D eigenvalue weighted by Crippen LogP contribution is -2.09. The first-order chi connectivity index (χ1) is 9.54. The van der Waals surface area contributed by atoms with E-state index in [0.717, 1.165) is 16.8 Å². The fourth-order valence-electron chi connectivity index (χ4n) is 1.99. The smallest absolute Gasteiger partial charge is 0.340 e. The standard InChI is InChI=1S/C15H17N3O2/c1-9-5-4-6-10(2)13(9)18-14-12(16)11(7-8-17-14)15(19)20-3/h4-8H,16H2,1-3H3,(H,17,18). The summed E-state index contributed by atoms with van der Waals surface area (Å²) in [6.07, 6.45) is 1.53. The van der Waals surface area contributed by atoms with Crippen LogP contribution in [0.15, 0.2) is 30.5 Å². The van der Waals surface area contributed by atoms with E-state index in [1.165, 1.54) is 19.4 Å². The van der Waals surface area contributed by atoms with Gasteiger partial charge in [-0.3, -0.25) is 0 Å². The van der Waals surface area contributed by atoms with Crippen LogP contribution in [0.25, 0.3) is 0 Å². The fraction of sp³-hybridized carbons (Fsp3) is 0.200. The third-order valence-corrected chi connectivity index (χ3v) is 3.12. The van der Waals surface area contributed by atoms with Crippen LogP contribution in [0.5, 0.6) is 0 Å². The van der Waals surface area contributed by atoms with Gasteiger partial charge in [0.05, 0.1) is 18.4 Å². The highest BCUT2D eigenvalue weighted by molar-refractivity contribution is 5.98. The molecule has 1 aromatic heterocycles. The highest BCUT2D eigenvalue weighted by atomic mass is 16.5. The van der Waals surface area contributed by atoms with Crippen LogP contribution in [0.2, 0.25) is 0 Å². The molecule has 0 radical (unpaired) electrons. The summed E-state index contributed by atoms with van der Waals surface area (Å²) in [7, 11) is 1.32. The molecule has 104 valence electrons. The Kier molecular flexibility index (Phi) is 3.89. The Labute approximate surface area is 117 Å². The van der Waals surface area contributed by atoms with Crippen LogP contribution >= 0.6 is 0 Å². The summed E-state index contributed by atoms with van der Waals surface area (Å²) in [5.74, 6) is -0.0280. The normalized spacial score (nSPS) is 10.2. The van der Waals surface area contributed by atoms with Gasteiger partial charge in [-0.1, -0.05) is 18.2 Å². The molecule has 0 saturated carbocycles. The van der Waals surface area contributed by atoms with Crippen LogP contribution < -0.4 is 11.1 Å². The number of nitrogen functional groups attached to an aromatic ring is 1. The molecular formula is C15H17N3O2. The average Bonchev–Trinajstić information content (AvgIpc) is 2.44. The van der Waals surface area contributed by atoms with Gasteiger partial charge in [0.2, 0.25) is 0 Å². The van der Waals surface area contributed by atoms with Crippen molar-refractivity contribution in [3.05, 3.63) is 47.2 Å². The summed E-state index contributed by atoms with van der Waals surface area (Å²) in [6.45, 7) is 3.99. The second kappa shape index (κ2) is 5.61. The molecule has 0 aliphatic rings. The fourth-order valence-corrected chi connectivity index (χ4v) is 1.99. The number of benzene rings is 1. The molecule has 0 atom stereocenters. The molecule has 20 heavy (non-hydrogen) atoms. The van der Waals surface area contributed by atoms with Gasteiger partial charge in [-0.15, -0.1) is 0 Å². The van der Waals surface area contributed by atoms with Crippen LogP contribution in [-0.4, -0.2) is 18.1 Å². The van der Waals surface area contributed by atoms with Gasteiger partial charge in [-0.2, -0.15) is 0 Å². The Balaban J connectivity index is 2.42. The Morgan fingerprint density at radius 1 is 1.25 bits per heavy atom. The monoisotopic (exact) mass is 271 g/mol. The minimum absolute atomic E-state index is 0.280. The van der Waals surface area contributed by atoms with Crippen LogP contribution in [0.4, 0.5) is 17.2 Å². The zero-order valence-electron chi connectivity index (χ0n) is 11.7. The molecule has 0 unspecified atom stereocenters. The summed E-state index contributed by atoms with van der Waals surface area (Å²) in [5.41, 5.74) is 9.66. The van der Waals surface area contributed by atoms with Gasteiger partial charge in [-0.05, 0) is 31.0 Å². The maximum atomic E-state index is 11.6. The number of rotatable bonds is 3. The predicted molar refractivity (Wildman–Crippen MR) is 79.2 cm³/mol. The van der Waals surface area contributed by atoms with E-state index in [1.54, 1.807) is 0 Å². The van der Waals surface area contributed by atoms with Crippen LogP contribution in [0.1, 0.15) is 21.5 Å². The number of carbonyl (C=O) groups is 1. The molecular weight excluding hydrogens is 254 g/mol. The highest BCUT2D eigenvalue weighted by Crippen LogP contribution is 2.28. The molecule has 2 aromatic rings. The van der Waals surface area contributed by atoms with Gasteiger partial charge >= 0.3 is 5.97 Å². The summed E-state index contributed by atoms with van der Waals surface area (Å²) >= 11 is 0.